The fourth-order valence-electron chi connectivity index (χ4n) is 2.88. The molecule has 2 aromatic rings. The molecule has 0 heterocycles. The van der Waals surface area contributed by atoms with E-state index in [4.69, 9.17) is 4.74 Å². The first-order valence-electron chi connectivity index (χ1n) is 7.23. The van der Waals surface area contributed by atoms with Crippen LogP contribution in [0.4, 0.5) is 4.39 Å². The van der Waals surface area contributed by atoms with Crippen LogP contribution in [-0.4, -0.2) is 18.2 Å². The second-order valence-electron chi connectivity index (χ2n) is 5.63. The van der Waals surface area contributed by atoms with Crippen molar-refractivity contribution in [1.29, 1.82) is 0 Å². The van der Waals surface area contributed by atoms with Gasteiger partial charge in [-0.15, -0.1) is 0 Å². The Bertz CT molecular complexity index is 748. The third-order valence-corrected chi connectivity index (χ3v) is 4.19. The van der Waals surface area contributed by atoms with Crippen LogP contribution in [-0.2, 0) is 0 Å². The number of hydrogen-bond acceptors (Lipinski definition) is 2. The molecule has 1 aliphatic carbocycles. The van der Waals surface area contributed by atoms with Gasteiger partial charge in [0.25, 0.3) is 0 Å². The lowest BCUT2D eigenvalue weighted by Crippen LogP contribution is -2.04. The van der Waals surface area contributed by atoms with Crippen molar-refractivity contribution < 1.29 is 19.0 Å². The molecule has 0 amide bonds. The third kappa shape index (κ3) is 2.45. The van der Waals surface area contributed by atoms with E-state index in [1.807, 2.05) is 6.07 Å². The largest absolute Gasteiger partial charge is 0.497 e. The molecule has 1 N–H and O–H groups in total. The zero-order valence-electron chi connectivity index (χ0n) is 12.5. The Hall–Kier alpha value is -2.36. The summed E-state index contributed by atoms with van der Waals surface area (Å²) >= 11 is 0. The Kier molecular flexibility index (Phi) is 3.61. The average molecular weight is 300 g/mol. The molecule has 4 heteroatoms. The Morgan fingerprint density at radius 1 is 1.27 bits per heavy atom. The molecule has 0 aliphatic heterocycles. The van der Waals surface area contributed by atoms with E-state index < -0.39 is 5.97 Å². The summed E-state index contributed by atoms with van der Waals surface area (Å²) in [6.07, 6.45) is 2.12. The number of ether oxygens (including phenoxy) is 1. The standard InChI is InChI=1S/C18H17FO3/c1-10-13(18(20)21)6-7-14(11-3-4-11)17(10)15-9-12(22-2)5-8-16(15)19/h5-9,11H,3-4H2,1-2H3,(H,20,21). The minimum Gasteiger partial charge on any atom is -0.497 e. The van der Waals surface area contributed by atoms with Crippen molar-refractivity contribution in [2.45, 2.75) is 25.7 Å². The second kappa shape index (κ2) is 5.44. The monoisotopic (exact) mass is 300 g/mol. The van der Waals surface area contributed by atoms with E-state index in [2.05, 4.69) is 0 Å². The lowest BCUT2D eigenvalue weighted by atomic mass is 9.89. The number of halogens is 1. The predicted octanol–water partition coefficient (Wildman–Crippen LogP) is 4.39. The molecule has 0 atom stereocenters. The van der Waals surface area contributed by atoms with E-state index in [0.717, 1.165) is 18.4 Å². The maximum atomic E-state index is 14.4. The van der Waals surface area contributed by atoms with Gasteiger partial charge in [-0.25, -0.2) is 9.18 Å². The average Bonchev–Trinajstić information content (AvgIpc) is 3.32. The van der Waals surface area contributed by atoms with Gasteiger partial charge in [0.05, 0.1) is 12.7 Å². The van der Waals surface area contributed by atoms with Crippen LogP contribution in [0.15, 0.2) is 30.3 Å². The first kappa shape index (κ1) is 14.6. The van der Waals surface area contributed by atoms with Gasteiger partial charge < -0.3 is 9.84 Å². The maximum Gasteiger partial charge on any atom is 0.335 e. The minimum absolute atomic E-state index is 0.210. The van der Waals surface area contributed by atoms with Gasteiger partial charge >= 0.3 is 5.97 Å². The minimum atomic E-state index is -0.996. The lowest BCUT2D eigenvalue weighted by molar-refractivity contribution is 0.0696. The topological polar surface area (TPSA) is 46.5 Å². The van der Waals surface area contributed by atoms with Crippen molar-refractivity contribution in [3.63, 3.8) is 0 Å². The van der Waals surface area contributed by atoms with Crippen LogP contribution >= 0.6 is 0 Å². The predicted molar refractivity (Wildman–Crippen MR) is 82.1 cm³/mol. The third-order valence-electron chi connectivity index (χ3n) is 4.19. The highest BCUT2D eigenvalue weighted by molar-refractivity contribution is 5.93. The number of aromatic carboxylic acids is 1. The normalized spacial score (nSPS) is 14.0. The fourth-order valence-corrected chi connectivity index (χ4v) is 2.88. The summed E-state index contributed by atoms with van der Waals surface area (Å²) in [7, 11) is 1.53. The van der Waals surface area contributed by atoms with Gasteiger partial charge in [-0.05, 0) is 66.6 Å². The van der Waals surface area contributed by atoms with Gasteiger partial charge in [-0.1, -0.05) is 6.07 Å². The van der Waals surface area contributed by atoms with Crippen LogP contribution < -0.4 is 4.74 Å². The molecular weight excluding hydrogens is 283 g/mol. The molecule has 0 saturated heterocycles. The van der Waals surface area contributed by atoms with E-state index in [1.54, 1.807) is 25.1 Å². The van der Waals surface area contributed by atoms with E-state index in [9.17, 15) is 14.3 Å². The van der Waals surface area contributed by atoms with Gasteiger partial charge in [0, 0.05) is 5.56 Å². The Labute approximate surface area is 128 Å². The molecule has 22 heavy (non-hydrogen) atoms. The van der Waals surface area contributed by atoms with Crippen LogP contribution in [0.5, 0.6) is 5.75 Å². The summed E-state index contributed by atoms with van der Waals surface area (Å²) in [5, 5.41) is 9.33. The van der Waals surface area contributed by atoms with Crippen molar-refractivity contribution in [3.05, 3.63) is 52.8 Å². The van der Waals surface area contributed by atoms with E-state index in [0.29, 0.717) is 28.4 Å². The van der Waals surface area contributed by atoms with Crippen LogP contribution in [0, 0.1) is 12.7 Å². The van der Waals surface area contributed by atoms with Crippen molar-refractivity contribution in [2.24, 2.45) is 0 Å². The zero-order chi connectivity index (χ0) is 15.9. The van der Waals surface area contributed by atoms with Crippen LogP contribution in [0.1, 0.15) is 40.2 Å². The molecule has 2 aromatic carbocycles. The van der Waals surface area contributed by atoms with Gasteiger partial charge in [0.1, 0.15) is 11.6 Å². The molecule has 0 aromatic heterocycles. The number of carboxylic acid groups (broad SMARTS) is 1. The quantitative estimate of drug-likeness (QED) is 0.911. The molecule has 0 radical (unpaired) electrons. The molecule has 114 valence electrons. The molecule has 3 nitrogen and oxygen atoms in total. The molecule has 3 rings (SSSR count). The number of carbonyl (C=O) groups is 1. The van der Waals surface area contributed by atoms with E-state index in [-0.39, 0.29) is 11.4 Å². The van der Waals surface area contributed by atoms with Crippen molar-refractivity contribution in [1.82, 2.24) is 0 Å². The Balaban J connectivity index is 2.28. The highest BCUT2D eigenvalue weighted by Gasteiger charge is 2.29. The first-order valence-corrected chi connectivity index (χ1v) is 7.23. The van der Waals surface area contributed by atoms with E-state index >= 15 is 0 Å². The number of methoxy groups -OCH3 is 1. The van der Waals surface area contributed by atoms with Gasteiger partial charge in [-0.3, -0.25) is 0 Å². The lowest BCUT2D eigenvalue weighted by Gasteiger charge is -2.16. The Morgan fingerprint density at radius 3 is 2.59 bits per heavy atom. The number of rotatable bonds is 4. The van der Waals surface area contributed by atoms with Crippen molar-refractivity contribution in [3.8, 4) is 16.9 Å². The van der Waals surface area contributed by atoms with Crippen LogP contribution in [0.3, 0.4) is 0 Å². The molecular formula is C18H17FO3. The number of hydrogen-bond donors (Lipinski definition) is 1. The molecule has 1 saturated carbocycles. The van der Waals surface area contributed by atoms with E-state index in [1.165, 1.54) is 13.2 Å². The second-order valence-corrected chi connectivity index (χ2v) is 5.63. The fraction of sp³-hybridized carbons (Fsp3) is 0.278. The van der Waals surface area contributed by atoms with Gasteiger partial charge in [0.15, 0.2) is 0 Å². The van der Waals surface area contributed by atoms with Gasteiger partial charge in [-0.2, -0.15) is 0 Å². The molecule has 0 spiro atoms. The summed E-state index contributed by atoms with van der Waals surface area (Å²) < 4.78 is 19.5. The number of benzene rings is 2. The molecule has 1 fully saturated rings. The molecule has 0 bridgehead atoms. The summed E-state index contributed by atoms with van der Waals surface area (Å²) in [6, 6.07) is 7.99. The van der Waals surface area contributed by atoms with Gasteiger partial charge in [0.2, 0.25) is 0 Å². The van der Waals surface area contributed by atoms with Crippen molar-refractivity contribution >= 4 is 5.97 Å². The summed E-state index contributed by atoms with van der Waals surface area (Å²) in [6.45, 7) is 1.74. The highest BCUT2D eigenvalue weighted by Crippen LogP contribution is 2.46. The van der Waals surface area contributed by atoms with Crippen LogP contribution in [0.2, 0.25) is 0 Å². The number of carboxylic acids is 1. The zero-order valence-corrected chi connectivity index (χ0v) is 12.5. The SMILES string of the molecule is COc1ccc(F)c(-c2c(C3CC3)ccc(C(=O)O)c2C)c1. The van der Waals surface area contributed by atoms with Crippen LogP contribution in [0.25, 0.3) is 11.1 Å². The molecule has 1 aliphatic rings. The van der Waals surface area contributed by atoms with Crippen molar-refractivity contribution in [2.75, 3.05) is 7.11 Å². The summed E-state index contributed by atoms with van der Waals surface area (Å²) in [5.74, 6) is -0.418. The smallest absolute Gasteiger partial charge is 0.335 e. The molecule has 0 unspecified atom stereocenters. The highest BCUT2D eigenvalue weighted by atomic mass is 19.1. The summed E-state index contributed by atoms with van der Waals surface area (Å²) in [4.78, 5) is 11.4. The maximum absolute atomic E-state index is 14.4. The summed E-state index contributed by atoms with van der Waals surface area (Å²) in [5.41, 5.74) is 2.93. The first-order chi connectivity index (χ1) is 10.5. The Morgan fingerprint density at radius 2 is 2.00 bits per heavy atom.